The first-order valence-electron chi connectivity index (χ1n) is 8.49. The molecule has 0 bridgehead atoms. The number of rotatable bonds is 4. The molecule has 7 heteroatoms. The van der Waals surface area contributed by atoms with Gasteiger partial charge in [0.2, 0.25) is 11.6 Å². The van der Waals surface area contributed by atoms with Crippen LogP contribution in [0.25, 0.3) is 10.9 Å². The highest BCUT2D eigenvalue weighted by molar-refractivity contribution is 6.40. The van der Waals surface area contributed by atoms with Crippen LogP contribution in [0.5, 0.6) is 5.88 Å². The topological polar surface area (TPSA) is 52.8 Å². The maximum Gasteiger partial charge on any atom is 0.452 e. The van der Waals surface area contributed by atoms with Crippen molar-refractivity contribution in [3.8, 4) is 5.88 Å². The van der Waals surface area contributed by atoms with Crippen molar-refractivity contribution in [1.82, 2.24) is 4.57 Å². The summed E-state index contributed by atoms with van der Waals surface area (Å²) in [5, 5.41) is 0.626. The van der Waals surface area contributed by atoms with E-state index < -0.39 is 17.8 Å². The van der Waals surface area contributed by atoms with E-state index in [1.165, 1.54) is 6.92 Å². The molecule has 1 aliphatic rings. The van der Waals surface area contributed by atoms with E-state index in [9.17, 15) is 13.6 Å². The summed E-state index contributed by atoms with van der Waals surface area (Å²) in [6.07, 6.45) is -3.87. The van der Waals surface area contributed by atoms with Crippen LogP contribution in [0.4, 0.5) is 14.5 Å². The lowest BCUT2D eigenvalue weighted by Gasteiger charge is -2.23. The Morgan fingerprint density at radius 1 is 1.15 bits per heavy atom. The van der Waals surface area contributed by atoms with Gasteiger partial charge in [0, 0.05) is 5.39 Å². The fraction of sp³-hybridized carbons (Fsp3) is 0.200. The van der Waals surface area contributed by atoms with E-state index in [1.807, 2.05) is 36.4 Å². The third-order valence-corrected chi connectivity index (χ3v) is 4.27. The molecule has 0 aliphatic carbocycles. The number of halogens is 2. The van der Waals surface area contributed by atoms with Gasteiger partial charge < -0.3 is 14.0 Å². The van der Waals surface area contributed by atoms with Crippen LogP contribution in [0.1, 0.15) is 12.5 Å². The Kier molecular flexibility index (Phi) is 4.14. The Morgan fingerprint density at radius 3 is 2.59 bits per heavy atom. The van der Waals surface area contributed by atoms with E-state index in [0.717, 1.165) is 5.56 Å². The number of ether oxygens (including phenoxy) is 2. The molecule has 4 rings (SSSR count). The second-order valence-electron chi connectivity index (χ2n) is 6.04. The van der Waals surface area contributed by atoms with Crippen molar-refractivity contribution in [3.63, 3.8) is 0 Å². The van der Waals surface area contributed by atoms with Crippen LogP contribution in [-0.2, 0) is 16.1 Å². The summed E-state index contributed by atoms with van der Waals surface area (Å²) >= 11 is 0. The number of aromatic nitrogens is 1. The average Bonchev–Trinajstić information content (AvgIpc) is 2.94. The quantitative estimate of drug-likeness (QED) is 0.643. The van der Waals surface area contributed by atoms with Gasteiger partial charge in [-0.1, -0.05) is 48.5 Å². The molecule has 0 spiro atoms. The third-order valence-electron chi connectivity index (χ3n) is 4.27. The Balaban J connectivity index is 1.90. The highest BCUT2D eigenvalue weighted by Crippen LogP contribution is 2.45. The summed E-state index contributed by atoms with van der Waals surface area (Å²) in [4.78, 5) is 15.9. The van der Waals surface area contributed by atoms with E-state index in [-0.39, 0.29) is 18.2 Å². The predicted octanol–water partition coefficient (Wildman–Crippen LogP) is 4.31. The van der Waals surface area contributed by atoms with Gasteiger partial charge in [-0.25, -0.2) is 9.79 Å². The zero-order valence-corrected chi connectivity index (χ0v) is 14.5. The minimum Gasteiger partial charge on any atom is -0.461 e. The van der Waals surface area contributed by atoms with Crippen LogP contribution in [0.3, 0.4) is 0 Å². The minimum atomic E-state index is -3.87. The molecule has 27 heavy (non-hydrogen) atoms. The van der Waals surface area contributed by atoms with Gasteiger partial charge >= 0.3 is 12.1 Å². The summed E-state index contributed by atoms with van der Waals surface area (Å²) in [6, 6.07) is 16.6. The van der Waals surface area contributed by atoms with Gasteiger partial charge in [0.25, 0.3) is 0 Å². The number of para-hydroxylation sites is 1. The summed E-state index contributed by atoms with van der Waals surface area (Å²) < 4.78 is 40.3. The lowest BCUT2D eigenvalue weighted by molar-refractivity contribution is -0.146. The zero-order chi connectivity index (χ0) is 19.0. The second kappa shape index (κ2) is 6.50. The van der Waals surface area contributed by atoms with Crippen molar-refractivity contribution in [3.05, 3.63) is 60.2 Å². The van der Waals surface area contributed by atoms with E-state index in [1.54, 1.807) is 22.8 Å². The van der Waals surface area contributed by atoms with Crippen molar-refractivity contribution < 1.29 is 23.0 Å². The van der Waals surface area contributed by atoms with Crippen LogP contribution in [0, 0.1) is 0 Å². The average molecular weight is 370 g/mol. The number of benzene rings is 2. The summed E-state index contributed by atoms with van der Waals surface area (Å²) in [6.45, 7) is 1.84. The Morgan fingerprint density at radius 2 is 1.85 bits per heavy atom. The first-order valence-corrected chi connectivity index (χ1v) is 8.49. The fourth-order valence-corrected chi connectivity index (χ4v) is 3.11. The highest BCUT2D eigenvalue weighted by atomic mass is 19.3. The molecule has 1 aliphatic heterocycles. The fourth-order valence-electron chi connectivity index (χ4n) is 3.11. The van der Waals surface area contributed by atoms with Crippen molar-refractivity contribution in [2.75, 3.05) is 6.61 Å². The number of fused-ring (bicyclic) bond motifs is 3. The largest absolute Gasteiger partial charge is 0.461 e. The van der Waals surface area contributed by atoms with Gasteiger partial charge in [0.1, 0.15) is 5.69 Å². The van der Waals surface area contributed by atoms with E-state index in [2.05, 4.69) is 4.99 Å². The van der Waals surface area contributed by atoms with Crippen LogP contribution in [0.2, 0.25) is 0 Å². The Labute approximate surface area is 153 Å². The molecular weight excluding hydrogens is 354 g/mol. The molecule has 2 aromatic carbocycles. The van der Waals surface area contributed by atoms with E-state index in [4.69, 9.17) is 9.47 Å². The Hall–Kier alpha value is -3.22. The predicted molar refractivity (Wildman–Crippen MR) is 96.8 cm³/mol. The molecule has 138 valence electrons. The Bertz CT molecular complexity index is 1040. The molecule has 0 atom stereocenters. The van der Waals surface area contributed by atoms with Gasteiger partial charge in [-0.15, -0.1) is 0 Å². The third kappa shape index (κ3) is 2.95. The molecule has 0 unspecified atom stereocenters. The zero-order valence-electron chi connectivity index (χ0n) is 14.5. The first-order chi connectivity index (χ1) is 13.0. The maximum atomic E-state index is 14.5. The number of carbonyl (C=O) groups is 1. The van der Waals surface area contributed by atoms with Crippen molar-refractivity contribution in [2.45, 2.75) is 19.6 Å². The molecule has 1 aromatic heterocycles. The van der Waals surface area contributed by atoms with E-state index in [0.29, 0.717) is 17.4 Å². The summed E-state index contributed by atoms with van der Waals surface area (Å²) in [5.74, 6) is -1.26. The lowest BCUT2D eigenvalue weighted by atomic mass is 10.2. The summed E-state index contributed by atoms with van der Waals surface area (Å²) in [7, 11) is 0. The normalized spacial score (nSPS) is 15.0. The molecule has 3 aromatic rings. The molecule has 5 nitrogen and oxygen atoms in total. The smallest absolute Gasteiger partial charge is 0.452 e. The monoisotopic (exact) mass is 370 g/mol. The molecule has 0 saturated carbocycles. The number of aliphatic imine (C=N–C) groups is 1. The number of nitrogens with zero attached hydrogens (tertiary/aromatic N) is 2. The molecule has 2 heterocycles. The first kappa shape index (κ1) is 17.2. The highest BCUT2D eigenvalue weighted by Gasteiger charge is 2.49. The summed E-state index contributed by atoms with van der Waals surface area (Å²) in [5.41, 5.74) is 0.777. The van der Waals surface area contributed by atoms with Crippen LogP contribution in [-0.4, -0.2) is 29.0 Å². The number of alkyl halides is 2. The molecule has 0 amide bonds. The number of hydrogen-bond donors (Lipinski definition) is 0. The van der Waals surface area contributed by atoms with Crippen molar-refractivity contribution in [1.29, 1.82) is 0 Å². The van der Waals surface area contributed by atoms with Crippen LogP contribution < -0.4 is 4.74 Å². The lowest BCUT2D eigenvalue weighted by Crippen LogP contribution is -2.43. The maximum absolute atomic E-state index is 14.5. The molecule has 0 N–H and O–H groups in total. The number of hydrogen-bond acceptors (Lipinski definition) is 4. The van der Waals surface area contributed by atoms with E-state index >= 15 is 0 Å². The number of carbonyl (C=O) groups excluding carboxylic acids is 1. The second-order valence-corrected chi connectivity index (χ2v) is 6.04. The van der Waals surface area contributed by atoms with Crippen LogP contribution in [0.15, 0.2) is 59.6 Å². The molecular formula is C20H16F2N2O3. The van der Waals surface area contributed by atoms with Gasteiger partial charge in [-0.2, -0.15) is 8.78 Å². The van der Waals surface area contributed by atoms with Crippen LogP contribution >= 0.6 is 0 Å². The molecule has 0 saturated heterocycles. The minimum absolute atomic E-state index is 0.0312. The van der Waals surface area contributed by atoms with Gasteiger partial charge in [-0.05, 0) is 18.6 Å². The van der Waals surface area contributed by atoms with Crippen molar-refractivity contribution >= 4 is 28.3 Å². The van der Waals surface area contributed by atoms with Gasteiger partial charge in [0.05, 0.1) is 18.7 Å². The SMILES string of the molecule is CCOC(=O)C1=Nc2c(n(Cc3ccccc3)c3ccccc23)OC1(F)F. The van der Waals surface area contributed by atoms with Gasteiger partial charge in [-0.3, -0.25) is 0 Å². The number of esters is 1. The molecule has 0 radical (unpaired) electrons. The van der Waals surface area contributed by atoms with Crippen molar-refractivity contribution in [2.24, 2.45) is 4.99 Å². The molecule has 0 fully saturated rings. The van der Waals surface area contributed by atoms with Gasteiger partial charge in [0.15, 0.2) is 0 Å². The standard InChI is InChI=1S/C20H16F2N2O3/c1-2-26-19(25)17-20(21,22)27-18-16(23-17)14-10-6-7-11-15(14)24(18)12-13-8-4-3-5-9-13/h3-11H,2,12H2,1H3.